The lowest BCUT2D eigenvalue weighted by Gasteiger charge is -2.03. The van der Waals surface area contributed by atoms with Gasteiger partial charge in [0.2, 0.25) is 0 Å². The molecule has 2 rings (SSSR count). The van der Waals surface area contributed by atoms with Crippen molar-refractivity contribution in [2.24, 2.45) is 0 Å². The van der Waals surface area contributed by atoms with Gasteiger partial charge in [0, 0.05) is 5.41 Å². The monoisotopic (exact) mass is 298 g/mol. The second-order valence-electron chi connectivity index (χ2n) is 2.13. The highest BCUT2D eigenvalue weighted by Gasteiger charge is 2.19. The Morgan fingerprint density at radius 1 is 1.21 bits per heavy atom. The molecule has 0 bridgehead atoms. The maximum atomic E-state index is 5.46. The van der Waals surface area contributed by atoms with Crippen molar-refractivity contribution in [1.29, 1.82) is 0 Å². The average molecular weight is 299 g/mol. The third-order valence-corrected chi connectivity index (χ3v) is 6.73. The summed E-state index contributed by atoms with van der Waals surface area (Å²) in [6.07, 6.45) is 0. The summed E-state index contributed by atoms with van der Waals surface area (Å²) in [6.45, 7) is 0. The highest BCUT2D eigenvalue weighted by molar-refractivity contribution is 8.68. The Kier molecular flexibility index (Phi) is 4.98. The first-order chi connectivity index (χ1) is 6.90. The molecular weight excluding hydrogens is 292 g/mol. The number of thiol groups is 1. The van der Waals surface area contributed by atoms with E-state index in [2.05, 4.69) is 27.9 Å². The van der Waals surface area contributed by atoms with E-state index in [-0.39, 0.29) is 0 Å². The molecule has 14 heavy (non-hydrogen) atoms. The third-order valence-electron chi connectivity index (χ3n) is 1.28. The molecule has 2 heterocycles. The van der Waals surface area contributed by atoms with Crippen molar-refractivity contribution >= 4 is 69.5 Å². The lowest BCUT2D eigenvalue weighted by Crippen LogP contribution is -1.82. The lowest BCUT2D eigenvalue weighted by molar-refractivity contribution is 0.307. The Hall–Kier alpha value is 1.12. The van der Waals surface area contributed by atoms with E-state index in [9.17, 15) is 0 Å². The van der Waals surface area contributed by atoms with Crippen LogP contribution in [0, 0.1) is 0 Å². The van der Waals surface area contributed by atoms with Crippen LogP contribution >= 0.6 is 69.5 Å². The van der Waals surface area contributed by atoms with Crippen LogP contribution in [0.4, 0.5) is 0 Å². The van der Waals surface area contributed by atoms with Crippen LogP contribution in [-0.2, 0) is 4.74 Å². The second-order valence-corrected chi connectivity index (χ2v) is 7.64. The first-order valence-corrected chi connectivity index (χ1v) is 9.06. The van der Waals surface area contributed by atoms with E-state index in [1.54, 1.807) is 47.0 Å². The largest absolute Gasteiger partial charge is 0.475 e. The topological polar surface area (TPSA) is 9.23 Å². The Balaban J connectivity index is 1.88. The molecule has 0 saturated carbocycles. The van der Waals surface area contributed by atoms with Gasteiger partial charge in [-0.2, -0.15) is 0 Å². The predicted molar refractivity (Wildman–Crippen MR) is 77.1 cm³/mol. The number of hydrogen-bond acceptors (Lipinski definition) is 7. The van der Waals surface area contributed by atoms with Crippen molar-refractivity contribution in [1.82, 2.24) is 0 Å². The summed E-state index contributed by atoms with van der Waals surface area (Å²) < 4.78 is 8.14. The molecule has 7 heteroatoms. The molecule has 0 aromatic rings. The summed E-state index contributed by atoms with van der Waals surface area (Å²) in [7, 11) is 1.39. The van der Waals surface area contributed by atoms with Crippen LogP contribution in [0.3, 0.4) is 0 Å². The van der Waals surface area contributed by atoms with Gasteiger partial charge < -0.3 is 4.74 Å². The van der Waals surface area contributed by atoms with Crippen LogP contribution in [0.1, 0.15) is 0 Å². The summed E-state index contributed by atoms with van der Waals surface area (Å²) in [5.41, 5.74) is 0. The molecule has 0 saturated heterocycles. The first-order valence-electron chi connectivity index (χ1n) is 3.56. The van der Waals surface area contributed by atoms with Gasteiger partial charge >= 0.3 is 0 Å². The Morgan fingerprint density at radius 3 is 2.71 bits per heavy atom. The molecule has 0 atom stereocenters. The molecule has 0 radical (unpaired) electrons. The maximum absolute atomic E-state index is 5.46. The van der Waals surface area contributed by atoms with E-state index in [4.69, 9.17) is 4.74 Å². The molecule has 0 unspecified atom stereocenters. The van der Waals surface area contributed by atoms with Crippen molar-refractivity contribution < 1.29 is 4.74 Å². The fraction of sp³-hybridized carbons (Fsp3) is 0.143. The molecular formula is C7H6OS6. The SMILES string of the molecule is SSCOC1=CSC(=C2SC=CS2)S1. The van der Waals surface area contributed by atoms with E-state index in [0.717, 1.165) is 5.09 Å². The fourth-order valence-electron chi connectivity index (χ4n) is 0.782. The van der Waals surface area contributed by atoms with Crippen LogP contribution in [0.2, 0.25) is 0 Å². The van der Waals surface area contributed by atoms with E-state index in [1.165, 1.54) is 19.3 Å². The molecule has 0 aromatic carbocycles. The van der Waals surface area contributed by atoms with Crippen molar-refractivity contribution in [3.05, 3.63) is 29.8 Å². The van der Waals surface area contributed by atoms with E-state index >= 15 is 0 Å². The van der Waals surface area contributed by atoms with Crippen molar-refractivity contribution in [3.63, 3.8) is 0 Å². The molecule has 0 amide bonds. The first kappa shape index (κ1) is 11.6. The minimum absolute atomic E-state index is 0.601. The summed E-state index contributed by atoms with van der Waals surface area (Å²) in [6, 6.07) is 0. The highest BCUT2D eigenvalue weighted by Crippen LogP contribution is 2.53. The van der Waals surface area contributed by atoms with Gasteiger partial charge in [0.25, 0.3) is 0 Å². The normalized spacial score (nSPS) is 20.5. The van der Waals surface area contributed by atoms with Gasteiger partial charge in [0.1, 0.15) is 5.94 Å². The minimum Gasteiger partial charge on any atom is -0.475 e. The Morgan fingerprint density at radius 2 is 2.00 bits per heavy atom. The summed E-state index contributed by atoms with van der Waals surface area (Å²) >= 11 is 11.0. The van der Waals surface area contributed by atoms with Crippen molar-refractivity contribution in [3.8, 4) is 0 Å². The van der Waals surface area contributed by atoms with Gasteiger partial charge in [0.05, 0.1) is 8.47 Å². The van der Waals surface area contributed by atoms with Gasteiger partial charge in [-0.15, -0.1) is 11.7 Å². The third kappa shape index (κ3) is 3.05. The summed E-state index contributed by atoms with van der Waals surface area (Å²) in [5, 5.41) is 7.25. The zero-order valence-corrected chi connectivity index (χ0v) is 11.8. The van der Waals surface area contributed by atoms with E-state index in [1.807, 2.05) is 0 Å². The maximum Gasteiger partial charge on any atom is 0.166 e. The Labute approximate surface area is 109 Å². The molecule has 0 aliphatic carbocycles. The average Bonchev–Trinajstić information content (AvgIpc) is 2.85. The lowest BCUT2D eigenvalue weighted by atomic mass is 11.1. The zero-order chi connectivity index (χ0) is 9.80. The molecule has 0 spiro atoms. The summed E-state index contributed by atoms with van der Waals surface area (Å²) in [4.78, 5) is 0. The molecule has 2 aliphatic heterocycles. The van der Waals surface area contributed by atoms with E-state index in [0.29, 0.717) is 5.94 Å². The highest BCUT2D eigenvalue weighted by atomic mass is 33.1. The molecule has 2 aliphatic rings. The van der Waals surface area contributed by atoms with Gasteiger partial charge in [-0.25, -0.2) is 0 Å². The fourth-order valence-corrected chi connectivity index (χ4v) is 5.42. The zero-order valence-electron chi connectivity index (χ0n) is 6.84. The van der Waals surface area contributed by atoms with Crippen molar-refractivity contribution in [2.75, 3.05) is 5.94 Å². The van der Waals surface area contributed by atoms with Crippen LogP contribution in [-0.4, -0.2) is 5.94 Å². The van der Waals surface area contributed by atoms with Crippen LogP contribution in [0.15, 0.2) is 29.8 Å². The Bertz CT molecular complexity index is 297. The molecule has 0 fully saturated rings. The molecule has 76 valence electrons. The molecule has 0 aromatic heterocycles. The van der Waals surface area contributed by atoms with Gasteiger partial charge in [-0.1, -0.05) is 46.1 Å². The predicted octanol–water partition coefficient (Wildman–Crippen LogP) is 4.90. The van der Waals surface area contributed by atoms with Crippen molar-refractivity contribution in [2.45, 2.75) is 0 Å². The van der Waals surface area contributed by atoms with Gasteiger partial charge in [0.15, 0.2) is 5.09 Å². The standard InChI is InChI=1S/C7H6OS6/c9-13-4-8-5-3-12-7(14-5)6-10-1-2-11-6/h1-3,9H,4H2. The minimum atomic E-state index is 0.601. The van der Waals surface area contributed by atoms with E-state index < -0.39 is 0 Å². The number of thioether (sulfide) groups is 4. The van der Waals surface area contributed by atoms with Crippen LogP contribution in [0.5, 0.6) is 0 Å². The number of ether oxygens (including phenoxy) is 1. The smallest absolute Gasteiger partial charge is 0.166 e. The molecule has 1 nitrogen and oxygen atoms in total. The van der Waals surface area contributed by atoms with Gasteiger partial charge in [-0.3, -0.25) is 0 Å². The number of rotatable bonds is 3. The number of hydrogen-bond donors (Lipinski definition) is 1. The summed E-state index contributed by atoms with van der Waals surface area (Å²) in [5.74, 6) is 0.601. The van der Waals surface area contributed by atoms with Crippen LogP contribution in [0.25, 0.3) is 0 Å². The van der Waals surface area contributed by atoms with Gasteiger partial charge in [-0.05, 0) is 22.6 Å². The molecule has 0 N–H and O–H groups in total. The quantitative estimate of drug-likeness (QED) is 0.448. The van der Waals surface area contributed by atoms with Crippen LogP contribution < -0.4 is 0 Å². The second kappa shape index (κ2) is 6.00.